The van der Waals surface area contributed by atoms with Gasteiger partial charge in [-0.05, 0) is 13.8 Å². The van der Waals surface area contributed by atoms with Gasteiger partial charge in [-0.2, -0.15) is 0 Å². The maximum absolute atomic E-state index is 7.20. The summed E-state index contributed by atoms with van der Waals surface area (Å²) in [5.74, 6) is 0. The molecule has 2 heteroatoms. The summed E-state index contributed by atoms with van der Waals surface area (Å²) < 4.78 is 0. The molecule has 1 heterocycles. The average Bonchev–Trinajstić information content (AvgIpc) is 1.57. The molecule has 8 heavy (non-hydrogen) atoms. The molecule has 1 N–H and O–H groups in total. The van der Waals surface area contributed by atoms with Gasteiger partial charge < -0.3 is 0 Å². The van der Waals surface area contributed by atoms with E-state index < -0.39 is 0 Å². The lowest BCUT2D eigenvalue weighted by molar-refractivity contribution is 0.109. The van der Waals surface area contributed by atoms with Gasteiger partial charge in [-0.1, -0.05) is 0 Å². The highest BCUT2D eigenvalue weighted by molar-refractivity contribution is 4.83. The highest BCUT2D eigenvalue weighted by Crippen LogP contribution is 2.09. The molecule has 1 fully saturated rings. The number of nitrogens with zero attached hydrogens (tertiary/aromatic N) is 1. The second kappa shape index (κ2) is 2.03. The first kappa shape index (κ1) is 6.05. The summed E-state index contributed by atoms with van der Waals surface area (Å²) >= 11 is 0. The molecule has 2 nitrogen and oxygen atoms in total. The Bertz CT molecular complexity index is 74.6. The lowest BCUT2D eigenvalue weighted by atomic mass is 10.1. The molecule has 0 unspecified atom stereocenters. The molecular formula is C6H13N2. The van der Waals surface area contributed by atoms with Gasteiger partial charge in [0.25, 0.3) is 0 Å². The number of likely N-dealkylation sites (tertiary alicyclic amines) is 1. The van der Waals surface area contributed by atoms with Crippen molar-refractivity contribution in [2.75, 3.05) is 13.1 Å². The van der Waals surface area contributed by atoms with E-state index in [2.05, 4.69) is 18.7 Å². The SMILES string of the molecule is CC(C)N1CC([NH])C1. The number of rotatable bonds is 1. The summed E-state index contributed by atoms with van der Waals surface area (Å²) in [4.78, 5) is 2.30. The molecule has 0 spiro atoms. The van der Waals surface area contributed by atoms with Crippen LogP contribution >= 0.6 is 0 Å². The normalized spacial score (nSPS) is 24.0. The number of hydrogen-bond donors (Lipinski definition) is 0. The van der Waals surface area contributed by atoms with Crippen molar-refractivity contribution in [3.05, 3.63) is 0 Å². The highest BCUT2D eigenvalue weighted by Gasteiger charge is 2.24. The summed E-state index contributed by atoms with van der Waals surface area (Å²) in [5.41, 5.74) is 7.20. The predicted molar refractivity (Wildman–Crippen MR) is 33.6 cm³/mol. The van der Waals surface area contributed by atoms with Crippen molar-refractivity contribution in [2.24, 2.45) is 0 Å². The van der Waals surface area contributed by atoms with Crippen LogP contribution in [0.1, 0.15) is 13.8 Å². The maximum atomic E-state index is 7.20. The van der Waals surface area contributed by atoms with Gasteiger partial charge in [0.1, 0.15) is 0 Å². The first-order chi connectivity index (χ1) is 3.70. The molecule has 1 rings (SSSR count). The monoisotopic (exact) mass is 113 g/mol. The van der Waals surface area contributed by atoms with E-state index >= 15 is 0 Å². The number of nitrogens with one attached hydrogen (secondary N) is 1. The first-order valence-corrected chi connectivity index (χ1v) is 3.15. The van der Waals surface area contributed by atoms with Crippen LogP contribution in [-0.4, -0.2) is 30.1 Å². The van der Waals surface area contributed by atoms with Crippen molar-refractivity contribution in [1.82, 2.24) is 10.6 Å². The Kier molecular flexibility index (Phi) is 1.54. The van der Waals surface area contributed by atoms with E-state index in [0.29, 0.717) is 6.04 Å². The molecule has 0 aromatic heterocycles. The predicted octanol–water partition coefficient (Wildman–Crippen LogP) is 0.362. The molecule has 1 radical (unpaired) electrons. The summed E-state index contributed by atoms with van der Waals surface area (Å²) in [5, 5.41) is 0. The third-order valence-electron chi connectivity index (χ3n) is 1.64. The summed E-state index contributed by atoms with van der Waals surface area (Å²) in [7, 11) is 0. The standard InChI is InChI=1S/C6H13N2/c1-5(2)8-3-6(7)4-8/h5-7H,3-4H2,1-2H3. The van der Waals surface area contributed by atoms with Crippen LogP contribution in [0.15, 0.2) is 0 Å². The molecule has 0 atom stereocenters. The minimum absolute atomic E-state index is 0.206. The largest absolute Gasteiger partial charge is 0.298 e. The molecule has 1 aliphatic heterocycles. The van der Waals surface area contributed by atoms with Gasteiger partial charge in [-0.15, -0.1) is 0 Å². The Hall–Kier alpha value is -0.0800. The molecule has 0 aromatic rings. The Labute approximate surface area is 50.7 Å². The van der Waals surface area contributed by atoms with Crippen molar-refractivity contribution in [2.45, 2.75) is 25.9 Å². The average molecular weight is 113 g/mol. The van der Waals surface area contributed by atoms with E-state index in [1.165, 1.54) is 0 Å². The topological polar surface area (TPSA) is 27.0 Å². The zero-order valence-electron chi connectivity index (χ0n) is 5.52. The fourth-order valence-electron chi connectivity index (χ4n) is 0.934. The van der Waals surface area contributed by atoms with Gasteiger partial charge in [0.2, 0.25) is 0 Å². The molecule has 0 saturated carbocycles. The van der Waals surface area contributed by atoms with Crippen molar-refractivity contribution >= 4 is 0 Å². The van der Waals surface area contributed by atoms with E-state index in [1.54, 1.807) is 0 Å². The summed E-state index contributed by atoms with van der Waals surface area (Å²) in [6.45, 7) is 6.31. The smallest absolute Gasteiger partial charge is 0.0467 e. The summed E-state index contributed by atoms with van der Waals surface area (Å²) in [6, 6.07) is 0.856. The first-order valence-electron chi connectivity index (χ1n) is 3.15. The zero-order valence-corrected chi connectivity index (χ0v) is 5.52. The van der Waals surface area contributed by atoms with Crippen LogP contribution in [0, 0.1) is 0 Å². The van der Waals surface area contributed by atoms with Gasteiger partial charge in [-0.3, -0.25) is 10.6 Å². The molecule has 0 aromatic carbocycles. The van der Waals surface area contributed by atoms with Crippen LogP contribution < -0.4 is 5.73 Å². The quantitative estimate of drug-likeness (QED) is 0.482. The fourth-order valence-corrected chi connectivity index (χ4v) is 0.934. The van der Waals surface area contributed by atoms with Crippen LogP contribution in [0.4, 0.5) is 0 Å². The van der Waals surface area contributed by atoms with E-state index in [0.717, 1.165) is 13.1 Å². The molecule has 0 bridgehead atoms. The summed E-state index contributed by atoms with van der Waals surface area (Å²) in [6.07, 6.45) is 0. The maximum Gasteiger partial charge on any atom is 0.0467 e. The highest BCUT2D eigenvalue weighted by atomic mass is 15.2. The lowest BCUT2D eigenvalue weighted by Crippen LogP contribution is -2.54. The van der Waals surface area contributed by atoms with Crippen LogP contribution in [0.2, 0.25) is 0 Å². The minimum Gasteiger partial charge on any atom is -0.298 e. The van der Waals surface area contributed by atoms with Crippen molar-refractivity contribution in [1.29, 1.82) is 0 Å². The van der Waals surface area contributed by atoms with Gasteiger partial charge in [0.15, 0.2) is 0 Å². The Morgan fingerprint density at radius 2 is 2.00 bits per heavy atom. The molecule has 1 aliphatic rings. The van der Waals surface area contributed by atoms with E-state index in [1.807, 2.05) is 0 Å². The minimum atomic E-state index is 0.206. The molecular weight excluding hydrogens is 100 g/mol. The molecule has 0 aliphatic carbocycles. The van der Waals surface area contributed by atoms with Gasteiger partial charge >= 0.3 is 0 Å². The van der Waals surface area contributed by atoms with E-state index in [9.17, 15) is 0 Å². The second-order valence-electron chi connectivity index (χ2n) is 2.74. The lowest BCUT2D eigenvalue weighted by Gasteiger charge is -2.39. The van der Waals surface area contributed by atoms with E-state index in [4.69, 9.17) is 5.73 Å². The number of hydrogen-bond acceptors (Lipinski definition) is 1. The Morgan fingerprint density at radius 3 is 2.12 bits per heavy atom. The van der Waals surface area contributed by atoms with Crippen LogP contribution in [0.5, 0.6) is 0 Å². The third kappa shape index (κ3) is 1.01. The second-order valence-corrected chi connectivity index (χ2v) is 2.74. The molecule has 1 saturated heterocycles. The molecule has 0 amide bonds. The van der Waals surface area contributed by atoms with Crippen molar-refractivity contribution < 1.29 is 0 Å². The van der Waals surface area contributed by atoms with Crippen molar-refractivity contribution in [3.8, 4) is 0 Å². The van der Waals surface area contributed by atoms with Crippen LogP contribution in [-0.2, 0) is 0 Å². The van der Waals surface area contributed by atoms with Gasteiger partial charge in [0.05, 0.1) is 0 Å². The van der Waals surface area contributed by atoms with Crippen LogP contribution in [0.3, 0.4) is 0 Å². The Balaban J connectivity index is 2.15. The van der Waals surface area contributed by atoms with Gasteiger partial charge in [-0.25, -0.2) is 0 Å². The zero-order chi connectivity index (χ0) is 6.15. The fraction of sp³-hybridized carbons (Fsp3) is 1.00. The Morgan fingerprint density at radius 1 is 1.50 bits per heavy atom. The van der Waals surface area contributed by atoms with Crippen LogP contribution in [0.25, 0.3) is 0 Å². The third-order valence-corrected chi connectivity index (χ3v) is 1.64. The van der Waals surface area contributed by atoms with E-state index in [-0.39, 0.29) is 6.04 Å². The molecule has 47 valence electrons. The van der Waals surface area contributed by atoms with Gasteiger partial charge in [0, 0.05) is 25.2 Å². The van der Waals surface area contributed by atoms with Crippen molar-refractivity contribution in [3.63, 3.8) is 0 Å².